The molecule has 0 aromatic carbocycles. The number of nitrogens with two attached hydrogens (primary N) is 3. The molecule has 0 aromatic rings. The summed E-state index contributed by atoms with van der Waals surface area (Å²) in [5, 5.41) is 49.3. The summed E-state index contributed by atoms with van der Waals surface area (Å²) in [7, 11) is 0. The van der Waals surface area contributed by atoms with Crippen molar-refractivity contribution in [1.82, 2.24) is 42.5 Å². The van der Waals surface area contributed by atoms with Gasteiger partial charge in [0.05, 0.1) is 25.2 Å². The number of amides is 9. The van der Waals surface area contributed by atoms with Crippen LogP contribution in [0.25, 0.3) is 0 Å². The van der Waals surface area contributed by atoms with Crippen molar-refractivity contribution in [3.8, 4) is 0 Å². The number of carbonyl (C=O) groups is 10. The molecule has 0 unspecified atom stereocenters. The monoisotopic (exact) mass is 944 g/mol. The Morgan fingerprint density at radius 3 is 1.41 bits per heavy atom. The molecule has 0 aliphatic heterocycles. The number of nitrogens with one attached hydrogen (secondary N) is 8. The average Bonchev–Trinajstić information content (AvgIpc) is 3.20. The Morgan fingerprint density at radius 1 is 0.500 bits per heavy atom. The third-order valence-electron chi connectivity index (χ3n) is 10.1. The van der Waals surface area contributed by atoms with E-state index in [1.807, 2.05) is 13.8 Å². The highest BCUT2D eigenvalue weighted by Crippen LogP contribution is 2.11. The van der Waals surface area contributed by atoms with Gasteiger partial charge in [-0.1, -0.05) is 55.4 Å². The molecule has 17 N–H and O–H groups in total. The minimum absolute atomic E-state index is 0.0454. The van der Waals surface area contributed by atoms with Gasteiger partial charge in [0.15, 0.2) is 0 Å². The first-order valence-electron chi connectivity index (χ1n) is 22.3. The van der Waals surface area contributed by atoms with Crippen LogP contribution in [0.5, 0.6) is 0 Å². The molecular formula is C42H77N11O13. The number of aliphatic hydroxyl groups is 2. The Labute approximate surface area is 386 Å². The van der Waals surface area contributed by atoms with Gasteiger partial charge in [-0.15, -0.1) is 0 Å². The SMILES string of the molecule is CC(C)C[C@H](NC(=O)[C@@H](N)CC(C)C)C(=O)N[C@@H](CO)C(=O)N[C@H](C(=O)N[C@@H](CC(N)=O)C(=O)N[C@@H](CCCCN)C(=O)N[C@@H](C)C(=O)N[C@H](C(=O)N[C@H](C(=O)O)C(C)C)C(C)C)[C@@H](C)O. The number of aliphatic carboxylic acids is 1. The maximum atomic E-state index is 13.7. The maximum Gasteiger partial charge on any atom is 0.326 e. The Bertz CT molecular complexity index is 1660. The summed E-state index contributed by atoms with van der Waals surface area (Å²) in [6.07, 6.45) is -1.39. The lowest BCUT2D eigenvalue weighted by molar-refractivity contribution is -0.144. The number of primary amides is 1. The smallest absolute Gasteiger partial charge is 0.326 e. The summed E-state index contributed by atoms with van der Waals surface area (Å²) >= 11 is 0. The zero-order valence-electron chi connectivity index (χ0n) is 39.9. The molecule has 0 rings (SSSR count). The molecule has 0 heterocycles. The minimum atomic E-state index is -1.85. The zero-order valence-corrected chi connectivity index (χ0v) is 39.9. The van der Waals surface area contributed by atoms with Gasteiger partial charge in [-0.25, -0.2) is 4.79 Å². The van der Waals surface area contributed by atoms with E-state index in [1.165, 1.54) is 6.92 Å². The molecule has 66 heavy (non-hydrogen) atoms. The molecule has 24 nitrogen and oxygen atoms in total. The standard InChI is InChI=1S/C42H77N11O13/c1-19(2)15-25(44)35(58)48-27(16-20(3)4)37(60)50-29(18-54)39(62)53-33(24(10)55)41(64)49-28(17-30(45)56)38(61)47-26(13-11-12-14-43)36(59)46-23(9)34(57)51-31(21(5)6)40(63)52-32(22(7)8)42(65)66/h19-29,31-33,54-55H,11-18,43-44H2,1-10H3,(H2,45,56)(H,46,59)(H,47,61)(H,48,58)(H,49,64)(H,50,60)(H,51,57)(H,52,63)(H,53,62)(H,65,66)/t23-,24+,25-,26-,27-,28-,29-,31-,32-,33-/m0/s1. The molecule has 10 atom stereocenters. The van der Waals surface area contributed by atoms with Crippen LogP contribution in [0, 0.1) is 23.7 Å². The van der Waals surface area contributed by atoms with Crippen LogP contribution >= 0.6 is 0 Å². The van der Waals surface area contributed by atoms with Crippen molar-refractivity contribution in [2.45, 2.75) is 168 Å². The molecule has 0 aromatic heterocycles. The van der Waals surface area contributed by atoms with E-state index in [9.17, 15) is 63.3 Å². The van der Waals surface area contributed by atoms with Crippen LogP contribution in [0.4, 0.5) is 0 Å². The molecule has 9 amide bonds. The zero-order chi connectivity index (χ0) is 51.2. The highest BCUT2D eigenvalue weighted by Gasteiger charge is 2.36. The lowest BCUT2D eigenvalue weighted by atomic mass is 10.00. The first-order valence-corrected chi connectivity index (χ1v) is 22.3. The van der Waals surface area contributed by atoms with Crippen LogP contribution in [0.3, 0.4) is 0 Å². The third kappa shape index (κ3) is 22.2. The van der Waals surface area contributed by atoms with Gasteiger partial charge < -0.3 is 75.1 Å². The molecule has 0 saturated heterocycles. The quantitative estimate of drug-likeness (QED) is 0.0295. The van der Waals surface area contributed by atoms with Crippen molar-refractivity contribution in [2.75, 3.05) is 13.2 Å². The summed E-state index contributed by atoms with van der Waals surface area (Å²) in [6.45, 7) is 15.4. The van der Waals surface area contributed by atoms with Gasteiger partial charge in [0.2, 0.25) is 53.2 Å². The van der Waals surface area contributed by atoms with Crippen molar-refractivity contribution >= 4 is 59.1 Å². The predicted octanol–water partition coefficient (Wildman–Crippen LogP) is -3.92. The topological polar surface area (TPSA) is 406 Å². The van der Waals surface area contributed by atoms with E-state index in [4.69, 9.17) is 17.2 Å². The predicted molar refractivity (Wildman–Crippen MR) is 241 cm³/mol. The van der Waals surface area contributed by atoms with E-state index in [0.29, 0.717) is 12.8 Å². The Hall–Kier alpha value is -5.46. The molecule has 0 saturated carbocycles. The van der Waals surface area contributed by atoms with Crippen LogP contribution in [0.2, 0.25) is 0 Å². The number of rotatable bonds is 31. The van der Waals surface area contributed by atoms with Gasteiger partial charge in [-0.05, 0) is 76.2 Å². The molecule has 0 radical (unpaired) electrons. The van der Waals surface area contributed by atoms with Crippen LogP contribution in [0.15, 0.2) is 0 Å². The lowest BCUT2D eigenvalue weighted by Gasteiger charge is -2.28. The number of hydrogen-bond acceptors (Lipinski definition) is 14. The second kappa shape index (κ2) is 29.9. The number of carboxylic acid groups (broad SMARTS) is 1. The van der Waals surface area contributed by atoms with Gasteiger partial charge in [0, 0.05) is 0 Å². The number of aliphatic hydroxyl groups excluding tert-OH is 2. The number of carboxylic acids is 1. The average molecular weight is 944 g/mol. The normalized spacial score (nSPS) is 16.0. The molecular weight excluding hydrogens is 867 g/mol. The van der Waals surface area contributed by atoms with Gasteiger partial charge in [-0.3, -0.25) is 43.2 Å². The van der Waals surface area contributed by atoms with E-state index >= 15 is 0 Å². The summed E-state index contributed by atoms with van der Waals surface area (Å²) in [4.78, 5) is 130. The van der Waals surface area contributed by atoms with Crippen LogP contribution in [0.1, 0.15) is 108 Å². The highest BCUT2D eigenvalue weighted by atomic mass is 16.4. The molecule has 0 aliphatic rings. The molecule has 0 fully saturated rings. The first kappa shape index (κ1) is 60.5. The second-order valence-corrected chi connectivity index (χ2v) is 18.0. The Balaban J connectivity index is 6.22. The van der Waals surface area contributed by atoms with Crippen LogP contribution in [-0.4, -0.2) is 148 Å². The van der Waals surface area contributed by atoms with E-state index < -0.39 is 144 Å². The Kier molecular flexibility index (Phi) is 27.5. The fourth-order valence-electron chi connectivity index (χ4n) is 6.38. The molecule has 0 aliphatic carbocycles. The summed E-state index contributed by atoms with van der Waals surface area (Å²) in [6, 6.07) is -12.6. The van der Waals surface area contributed by atoms with E-state index in [2.05, 4.69) is 42.5 Å². The lowest BCUT2D eigenvalue weighted by Crippen LogP contribution is -2.62. The highest BCUT2D eigenvalue weighted by molar-refractivity contribution is 5.99. The van der Waals surface area contributed by atoms with E-state index in [1.54, 1.807) is 41.5 Å². The largest absolute Gasteiger partial charge is 0.480 e. The summed E-state index contributed by atoms with van der Waals surface area (Å²) in [5.41, 5.74) is 17.0. The van der Waals surface area contributed by atoms with E-state index in [0.717, 1.165) is 6.92 Å². The van der Waals surface area contributed by atoms with Crippen molar-refractivity contribution in [2.24, 2.45) is 40.9 Å². The Morgan fingerprint density at radius 2 is 0.939 bits per heavy atom. The molecule has 0 bridgehead atoms. The van der Waals surface area contributed by atoms with Crippen molar-refractivity contribution < 1.29 is 63.3 Å². The third-order valence-corrected chi connectivity index (χ3v) is 10.1. The van der Waals surface area contributed by atoms with Gasteiger partial charge in [0.1, 0.15) is 48.3 Å². The van der Waals surface area contributed by atoms with E-state index in [-0.39, 0.29) is 37.6 Å². The molecule has 0 spiro atoms. The number of hydrogen-bond donors (Lipinski definition) is 14. The van der Waals surface area contributed by atoms with Crippen LogP contribution in [-0.2, 0) is 47.9 Å². The minimum Gasteiger partial charge on any atom is -0.480 e. The van der Waals surface area contributed by atoms with Crippen molar-refractivity contribution in [1.29, 1.82) is 0 Å². The maximum absolute atomic E-state index is 13.7. The van der Waals surface area contributed by atoms with Crippen molar-refractivity contribution in [3.63, 3.8) is 0 Å². The van der Waals surface area contributed by atoms with Gasteiger partial charge in [-0.2, -0.15) is 0 Å². The fraction of sp³-hybridized carbons (Fsp3) is 0.762. The molecule has 24 heteroatoms. The summed E-state index contributed by atoms with van der Waals surface area (Å²) in [5.74, 6) is -10.8. The molecule has 378 valence electrons. The first-order chi connectivity index (χ1) is 30.6. The number of carbonyl (C=O) groups excluding carboxylic acids is 9. The van der Waals surface area contributed by atoms with Gasteiger partial charge in [0.25, 0.3) is 0 Å². The van der Waals surface area contributed by atoms with Crippen LogP contribution < -0.4 is 59.7 Å². The summed E-state index contributed by atoms with van der Waals surface area (Å²) < 4.78 is 0. The van der Waals surface area contributed by atoms with Crippen molar-refractivity contribution in [3.05, 3.63) is 0 Å². The fourth-order valence-corrected chi connectivity index (χ4v) is 6.38. The second-order valence-electron chi connectivity index (χ2n) is 18.0. The van der Waals surface area contributed by atoms with Gasteiger partial charge >= 0.3 is 5.97 Å². The number of unbranched alkanes of at least 4 members (excludes halogenated alkanes) is 1.